The smallest absolute Gasteiger partial charge is 0.178 e. The van der Waals surface area contributed by atoms with Gasteiger partial charge in [0.25, 0.3) is 0 Å². The highest BCUT2D eigenvalue weighted by Gasteiger charge is 1.97. The van der Waals surface area contributed by atoms with Crippen molar-refractivity contribution in [2.24, 2.45) is 0 Å². The Morgan fingerprint density at radius 3 is 2.05 bits per heavy atom. The van der Waals surface area contributed by atoms with Crippen LogP contribution in [0.25, 0.3) is 0 Å². The Balaban J connectivity index is 1.96. The van der Waals surface area contributed by atoms with Gasteiger partial charge in [0.15, 0.2) is 12.8 Å². The molecule has 0 fully saturated rings. The van der Waals surface area contributed by atoms with Gasteiger partial charge in [0.2, 0.25) is 0 Å². The Morgan fingerprint density at radius 2 is 1.43 bits per heavy atom. The van der Waals surface area contributed by atoms with Crippen LogP contribution in [0.1, 0.15) is 76.7 Å². The maximum absolute atomic E-state index is 11.7. The van der Waals surface area contributed by atoms with Crippen LogP contribution in [0.15, 0.2) is 30.3 Å². The number of hydroxylamine groups is 1. The molecule has 2 nitrogen and oxygen atoms in total. The minimum Gasteiger partial charge on any atom is -0.624 e. The van der Waals surface area contributed by atoms with Crippen LogP contribution in [0.5, 0.6) is 0 Å². The largest absolute Gasteiger partial charge is 0.624 e. The molecule has 0 radical (unpaired) electrons. The molecule has 21 heavy (non-hydrogen) atoms. The predicted octanol–water partition coefficient (Wildman–Crippen LogP) is 5.69. The van der Waals surface area contributed by atoms with Crippen LogP contribution in [-0.4, -0.2) is 11.0 Å². The van der Waals surface area contributed by atoms with E-state index in [9.17, 15) is 5.21 Å². The highest BCUT2D eigenvalue weighted by molar-refractivity contribution is 5.51. The maximum atomic E-state index is 11.7. The van der Waals surface area contributed by atoms with Crippen LogP contribution < -0.4 is 0 Å². The van der Waals surface area contributed by atoms with Crippen molar-refractivity contribution in [2.75, 3.05) is 0 Å². The molecule has 0 atom stereocenters. The molecule has 1 aromatic rings. The van der Waals surface area contributed by atoms with E-state index in [-0.39, 0.29) is 0 Å². The van der Waals surface area contributed by atoms with Crippen molar-refractivity contribution in [3.8, 4) is 0 Å². The monoisotopic (exact) mass is 289 g/mol. The normalized spacial score (nSPS) is 11.8. The molecule has 0 aliphatic rings. The second-order valence-corrected chi connectivity index (χ2v) is 5.86. The lowest BCUT2D eigenvalue weighted by molar-refractivity contribution is -0.471. The Morgan fingerprint density at radius 1 is 0.857 bits per heavy atom. The Hall–Kier alpha value is -1.31. The summed E-state index contributed by atoms with van der Waals surface area (Å²) in [5, 5.41) is 11.7. The van der Waals surface area contributed by atoms with Crippen molar-refractivity contribution >= 4 is 6.21 Å². The fourth-order valence-corrected chi connectivity index (χ4v) is 2.52. The molecule has 0 aromatic heterocycles. The third-order valence-electron chi connectivity index (χ3n) is 3.82. The molecule has 0 unspecified atom stereocenters. The fraction of sp³-hybridized carbons (Fsp3) is 0.632. The summed E-state index contributed by atoms with van der Waals surface area (Å²) in [5.41, 5.74) is 1.08. The van der Waals surface area contributed by atoms with Crippen molar-refractivity contribution in [1.82, 2.24) is 0 Å². The van der Waals surface area contributed by atoms with E-state index in [0.717, 1.165) is 23.1 Å². The first-order valence-electron chi connectivity index (χ1n) is 8.64. The van der Waals surface area contributed by atoms with Gasteiger partial charge < -0.3 is 5.21 Å². The van der Waals surface area contributed by atoms with Crippen molar-refractivity contribution < 1.29 is 4.74 Å². The van der Waals surface area contributed by atoms with Gasteiger partial charge in [-0.05, 0) is 6.42 Å². The number of nitrogens with zero attached hydrogens (tertiary/aromatic N) is 1. The lowest BCUT2D eigenvalue weighted by atomic mass is 10.1. The van der Waals surface area contributed by atoms with E-state index >= 15 is 0 Å². The van der Waals surface area contributed by atoms with Gasteiger partial charge in [-0.15, -0.1) is 0 Å². The summed E-state index contributed by atoms with van der Waals surface area (Å²) in [6.07, 6.45) is 14.7. The quantitative estimate of drug-likeness (QED) is 0.160. The van der Waals surface area contributed by atoms with E-state index in [0.29, 0.717) is 6.54 Å². The molecule has 0 heterocycles. The van der Waals surface area contributed by atoms with Gasteiger partial charge in [-0.3, -0.25) is 0 Å². The first kappa shape index (κ1) is 17.7. The van der Waals surface area contributed by atoms with Gasteiger partial charge in [-0.2, -0.15) is 0 Å². The van der Waals surface area contributed by atoms with Crippen molar-refractivity contribution in [1.29, 1.82) is 0 Å². The SMILES string of the molecule is CCCCCCCCCCCC=[N+]([O-])Cc1ccccc1. The summed E-state index contributed by atoms with van der Waals surface area (Å²) in [4.78, 5) is 0. The van der Waals surface area contributed by atoms with E-state index in [1.807, 2.05) is 30.3 Å². The summed E-state index contributed by atoms with van der Waals surface area (Å²) in [7, 11) is 0. The van der Waals surface area contributed by atoms with Gasteiger partial charge in [0.05, 0.1) is 0 Å². The minimum atomic E-state index is 0.471. The summed E-state index contributed by atoms with van der Waals surface area (Å²) in [6.45, 7) is 2.73. The summed E-state index contributed by atoms with van der Waals surface area (Å²) in [5.74, 6) is 0. The Kier molecular flexibility index (Phi) is 10.5. The van der Waals surface area contributed by atoms with E-state index < -0.39 is 0 Å². The number of hydrogen-bond acceptors (Lipinski definition) is 1. The van der Waals surface area contributed by atoms with Crippen LogP contribution in [0, 0.1) is 5.21 Å². The zero-order valence-corrected chi connectivity index (χ0v) is 13.6. The van der Waals surface area contributed by atoms with Crippen LogP contribution in [0.3, 0.4) is 0 Å². The van der Waals surface area contributed by atoms with Crippen molar-refractivity contribution in [2.45, 2.75) is 77.7 Å². The second-order valence-electron chi connectivity index (χ2n) is 5.86. The van der Waals surface area contributed by atoms with Crippen LogP contribution in [0.2, 0.25) is 0 Å². The lowest BCUT2D eigenvalue weighted by Gasteiger charge is -2.04. The zero-order chi connectivity index (χ0) is 15.2. The number of unbranched alkanes of at least 4 members (excludes halogenated alkanes) is 9. The third kappa shape index (κ3) is 10.1. The molecular weight excluding hydrogens is 258 g/mol. The average molecular weight is 289 g/mol. The molecule has 0 aliphatic carbocycles. The Bertz CT molecular complexity index is 372. The first-order chi connectivity index (χ1) is 10.3. The topological polar surface area (TPSA) is 26.1 Å². The van der Waals surface area contributed by atoms with Gasteiger partial charge in [-0.1, -0.05) is 88.6 Å². The highest BCUT2D eigenvalue weighted by atomic mass is 16.5. The van der Waals surface area contributed by atoms with Gasteiger partial charge in [0.1, 0.15) is 0 Å². The molecule has 1 rings (SSSR count). The van der Waals surface area contributed by atoms with Crippen LogP contribution >= 0.6 is 0 Å². The highest BCUT2D eigenvalue weighted by Crippen LogP contribution is 2.10. The maximum Gasteiger partial charge on any atom is 0.178 e. The van der Waals surface area contributed by atoms with E-state index in [4.69, 9.17) is 0 Å². The second kappa shape index (κ2) is 12.4. The van der Waals surface area contributed by atoms with Crippen LogP contribution in [-0.2, 0) is 6.54 Å². The molecule has 118 valence electrons. The molecular formula is C19H31NO. The zero-order valence-electron chi connectivity index (χ0n) is 13.6. The van der Waals surface area contributed by atoms with Gasteiger partial charge in [0, 0.05) is 12.0 Å². The van der Waals surface area contributed by atoms with E-state index in [1.54, 1.807) is 6.21 Å². The standard InChI is InChI=1S/C19H31NO/c1-2-3-4-5-6-7-8-9-10-14-17-20(21)18-19-15-12-11-13-16-19/h11-13,15-17H,2-10,14,18H2,1H3. The average Bonchev–Trinajstić information content (AvgIpc) is 2.50. The van der Waals surface area contributed by atoms with Gasteiger partial charge in [-0.25, -0.2) is 4.74 Å². The third-order valence-corrected chi connectivity index (χ3v) is 3.82. The Labute approximate surface area is 130 Å². The molecule has 0 N–H and O–H groups in total. The first-order valence-corrected chi connectivity index (χ1v) is 8.64. The predicted molar refractivity (Wildman–Crippen MR) is 91.7 cm³/mol. The number of benzene rings is 1. The van der Waals surface area contributed by atoms with Crippen molar-refractivity contribution in [3.63, 3.8) is 0 Å². The van der Waals surface area contributed by atoms with Gasteiger partial charge >= 0.3 is 0 Å². The molecule has 0 aliphatic heterocycles. The minimum absolute atomic E-state index is 0.471. The van der Waals surface area contributed by atoms with Crippen molar-refractivity contribution in [3.05, 3.63) is 41.1 Å². The molecule has 0 saturated heterocycles. The lowest BCUT2D eigenvalue weighted by Crippen LogP contribution is -2.04. The molecule has 0 saturated carbocycles. The summed E-state index contributed by atoms with van der Waals surface area (Å²) < 4.78 is 1.07. The fourth-order valence-electron chi connectivity index (χ4n) is 2.52. The molecule has 1 aromatic carbocycles. The molecule has 0 bridgehead atoms. The molecule has 2 heteroatoms. The van der Waals surface area contributed by atoms with E-state index in [2.05, 4.69) is 6.92 Å². The van der Waals surface area contributed by atoms with E-state index in [1.165, 1.54) is 51.4 Å². The number of rotatable bonds is 12. The van der Waals surface area contributed by atoms with Crippen LogP contribution in [0.4, 0.5) is 0 Å². The molecule has 0 amide bonds. The molecule has 0 spiro atoms. The number of hydrogen-bond donors (Lipinski definition) is 0. The summed E-state index contributed by atoms with van der Waals surface area (Å²) in [6, 6.07) is 9.92. The summed E-state index contributed by atoms with van der Waals surface area (Å²) >= 11 is 0.